The molecule has 1 rings (SSSR count). The van der Waals surface area contributed by atoms with Gasteiger partial charge in [-0.05, 0) is 6.42 Å². The van der Waals surface area contributed by atoms with E-state index in [0.29, 0.717) is 12.1 Å². The van der Waals surface area contributed by atoms with Crippen molar-refractivity contribution < 1.29 is 9.59 Å². The van der Waals surface area contributed by atoms with Gasteiger partial charge in [-0.1, -0.05) is 0 Å². The SMILES string of the molecule is NNC(=O)CCC1=NNC(=O)C1. The number of carbonyl (C=O) groups is 2. The molecule has 0 unspecified atom stereocenters. The zero-order valence-corrected chi connectivity index (χ0v) is 6.46. The summed E-state index contributed by atoms with van der Waals surface area (Å²) in [7, 11) is 0. The molecule has 6 heteroatoms. The van der Waals surface area contributed by atoms with Gasteiger partial charge in [-0.2, -0.15) is 5.10 Å². The molecule has 0 aromatic carbocycles. The van der Waals surface area contributed by atoms with Crippen molar-refractivity contribution in [3.63, 3.8) is 0 Å². The molecule has 0 spiro atoms. The number of rotatable bonds is 3. The van der Waals surface area contributed by atoms with Crippen LogP contribution in [-0.2, 0) is 9.59 Å². The first kappa shape index (κ1) is 8.66. The zero-order valence-electron chi connectivity index (χ0n) is 6.46. The van der Waals surface area contributed by atoms with Crippen LogP contribution in [0.5, 0.6) is 0 Å². The maximum Gasteiger partial charge on any atom is 0.245 e. The molecule has 0 fully saturated rings. The second kappa shape index (κ2) is 3.82. The third-order valence-electron chi connectivity index (χ3n) is 1.50. The van der Waals surface area contributed by atoms with Gasteiger partial charge >= 0.3 is 0 Å². The van der Waals surface area contributed by atoms with Crippen LogP contribution in [0.15, 0.2) is 5.10 Å². The van der Waals surface area contributed by atoms with E-state index in [-0.39, 0.29) is 24.7 Å². The lowest BCUT2D eigenvalue weighted by atomic mass is 10.1. The average Bonchev–Trinajstić information content (AvgIpc) is 2.47. The quantitative estimate of drug-likeness (QED) is 0.277. The Kier molecular flexibility index (Phi) is 2.76. The van der Waals surface area contributed by atoms with Crippen molar-refractivity contribution in [2.24, 2.45) is 10.9 Å². The van der Waals surface area contributed by atoms with Crippen LogP contribution in [0, 0.1) is 0 Å². The number of nitrogens with two attached hydrogens (primary N) is 1. The van der Waals surface area contributed by atoms with Crippen molar-refractivity contribution in [3.05, 3.63) is 0 Å². The Morgan fingerprint density at radius 3 is 3.00 bits per heavy atom. The van der Waals surface area contributed by atoms with Gasteiger partial charge in [-0.25, -0.2) is 11.3 Å². The fourth-order valence-electron chi connectivity index (χ4n) is 0.880. The Morgan fingerprint density at radius 1 is 1.75 bits per heavy atom. The van der Waals surface area contributed by atoms with E-state index < -0.39 is 0 Å². The van der Waals surface area contributed by atoms with Crippen LogP contribution in [0.2, 0.25) is 0 Å². The number of nitrogens with zero attached hydrogens (tertiary/aromatic N) is 1. The Bertz CT molecular complexity index is 236. The minimum atomic E-state index is -0.253. The molecular weight excluding hydrogens is 160 g/mol. The molecule has 0 saturated carbocycles. The Hall–Kier alpha value is -1.43. The van der Waals surface area contributed by atoms with Crippen LogP contribution >= 0.6 is 0 Å². The molecule has 2 amide bonds. The lowest BCUT2D eigenvalue weighted by molar-refractivity contribution is -0.121. The molecular formula is C6H10N4O2. The predicted molar refractivity (Wildman–Crippen MR) is 41.8 cm³/mol. The molecule has 1 heterocycles. The van der Waals surface area contributed by atoms with E-state index in [4.69, 9.17) is 5.84 Å². The van der Waals surface area contributed by atoms with Gasteiger partial charge in [0.1, 0.15) is 0 Å². The van der Waals surface area contributed by atoms with E-state index in [1.165, 1.54) is 0 Å². The predicted octanol–water partition coefficient (Wildman–Crippen LogP) is -1.37. The van der Waals surface area contributed by atoms with Crippen LogP contribution in [0.1, 0.15) is 19.3 Å². The van der Waals surface area contributed by atoms with Crippen molar-refractivity contribution in [2.75, 3.05) is 0 Å². The van der Waals surface area contributed by atoms with Crippen molar-refractivity contribution in [1.82, 2.24) is 10.9 Å². The number of hydrogen-bond donors (Lipinski definition) is 3. The third-order valence-corrected chi connectivity index (χ3v) is 1.50. The first-order chi connectivity index (χ1) is 5.72. The van der Waals surface area contributed by atoms with E-state index in [1.54, 1.807) is 0 Å². The van der Waals surface area contributed by atoms with Crippen LogP contribution in [0.3, 0.4) is 0 Å². The molecule has 1 aliphatic heterocycles. The van der Waals surface area contributed by atoms with Gasteiger partial charge in [-0.15, -0.1) is 0 Å². The molecule has 0 saturated heterocycles. The lowest BCUT2D eigenvalue weighted by Crippen LogP contribution is -2.30. The smallest absolute Gasteiger partial charge is 0.245 e. The number of hydrazone groups is 1. The minimum Gasteiger partial charge on any atom is -0.294 e. The van der Waals surface area contributed by atoms with Gasteiger partial charge in [0, 0.05) is 12.1 Å². The molecule has 1 aliphatic rings. The maximum atomic E-state index is 10.7. The molecule has 0 bridgehead atoms. The number of nitrogens with one attached hydrogen (secondary N) is 2. The molecule has 12 heavy (non-hydrogen) atoms. The number of hydrogen-bond acceptors (Lipinski definition) is 4. The fourth-order valence-corrected chi connectivity index (χ4v) is 0.880. The number of carbonyl (C=O) groups excluding carboxylic acids is 2. The fraction of sp³-hybridized carbons (Fsp3) is 0.500. The van der Waals surface area contributed by atoms with Gasteiger partial charge in [-0.3, -0.25) is 15.0 Å². The Balaban J connectivity index is 2.24. The van der Waals surface area contributed by atoms with Gasteiger partial charge in [0.15, 0.2) is 0 Å². The van der Waals surface area contributed by atoms with E-state index in [9.17, 15) is 9.59 Å². The molecule has 0 aromatic rings. The standard InChI is InChI=1S/C6H10N4O2/c7-8-5(11)2-1-4-3-6(12)10-9-4/h1-3,7H2,(H,8,11)(H,10,12). The first-order valence-electron chi connectivity index (χ1n) is 3.56. The van der Waals surface area contributed by atoms with E-state index in [0.717, 1.165) is 0 Å². The van der Waals surface area contributed by atoms with Gasteiger partial charge < -0.3 is 0 Å². The Morgan fingerprint density at radius 2 is 2.50 bits per heavy atom. The van der Waals surface area contributed by atoms with E-state index >= 15 is 0 Å². The van der Waals surface area contributed by atoms with Gasteiger partial charge in [0.25, 0.3) is 0 Å². The first-order valence-corrected chi connectivity index (χ1v) is 3.56. The van der Waals surface area contributed by atoms with Crippen molar-refractivity contribution in [1.29, 1.82) is 0 Å². The van der Waals surface area contributed by atoms with Crippen LogP contribution in [-0.4, -0.2) is 17.5 Å². The number of hydrazine groups is 1. The molecule has 0 aliphatic carbocycles. The summed E-state index contributed by atoms with van der Waals surface area (Å²) in [5.41, 5.74) is 5.00. The van der Waals surface area contributed by atoms with Crippen LogP contribution in [0.4, 0.5) is 0 Å². The van der Waals surface area contributed by atoms with Crippen molar-refractivity contribution in [2.45, 2.75) is 19.3 Å². The molecule has 0 aromatic heterocycles. The van der Waals surface area contributed by atoms with Gasteiger partial charge in [0.2, 0.25) is 11.8 Å². The summed E-state index contributed by atoms with van der Waals surface area (Å²) in [5, 5.41) is 3.72. The summed E-state index contributed by atoms with van der Waals surface area (Å²) in [4.78, 5) is 21.3. The molecule has 0 radical (unpaired) electrons. The summed E-state index contributed by atoms with van der Waals surface area (Å²) < 4.78 is 0. The topological polar surface area (TPSA) is 96.6 Å². The summed E-state index contributed by atoms with van der Waals surface area (Å²) in [6, 6.07) is 0. The third kappa shape index (κ3) is 2.31. The van der Waals surface area contributed by atoms with Crippen LogP contribution in [0.25, 0.3) is 0 Å². The highest BCUT2D eigenvalue weighted by molar-refractivity contribution is 6.05. The van der Waals surface area contributed by atoms with Gasteiger partial charge in [0.05, 0.1) is 6.42 Å². The molecule has 66 valence electrons. The monoisotopic (exact) mass is 170 g/mol. The second-order valence-corrected chi connectivity index (χ2v) is 2.46. The summed E-state index contributed by atoms with van der Waals surface area (Å²) in [6.07, 6.45) is 1.03. The average molecular weight is 170 g/mol. The Labute approximate surface area is 69.2 Å². The van der Waals surface area contributed by atoms with Crippen LogP contribution < -0.4 is 16.7 Å². The molecule has 6 nitrogen and oxygen atoms in total. The van der Waals surface area contributed by atoms with Crippen molar-refractivity contribution in [3.8, 4) is 0 Å². The normalized spacial score (nSPS) is 15.4. The minimum absolute atomic E-state index is 0.127. The van der Waals surface area contributed by atoms with Crippen molar-refractivity contribution >= 4 is 17.5 Å². The highest BCUT2D eigenvalue weighted by atomic mass is 16.2. The number of amides is 2. The largest absolute Gasteiger partial charge is 0.294 e. The summed E-state index contributed by atoms with van der Waals surface area (Å²) in [6.45, 7) is 0. The van der Waals surface area contributed by atoms with E-state index in [1.807, 2.05) is 5.43 Å². The highest BCUT2D eigenvalue weighted by Gasteiger charge is 2.14. The second-order valence-electron chi connectivity index (χ2n) is 2.46. The maximum absolute atomic E-state index is 10.7. The molecule has 0 atom stereocenters. The molecule has 4 N–H and O–H groups in total. The zero-order chi connectivity index (χ0) is 8.97. The highest BCUT2D eigenvalue weighted by Crippen LogP contribution is 2.02. The van der Waals surface area contributed by atoms with E-state index in [2.05, 4.69) is 10.5 Å². The summed E-state index contributed by atoms with van der Waals surface area (Å²) >= 11 is 0. The lowest BCUT2D eigenvalue weighted by Gasteiger charge is -1.96. The summed E-state index contributed by atoms with van der Waals surface area (Å²) in [5.74, 6) is 4.48.